The second-order valence-electron chi connectivity index (χ2n) is 5.18. The van der Waals surface area contributed by atoms with Crippen LogP contribution in [0.4, 0.5) is 10.2 Å². The Morgan fingerprint density at radius 1 is 1.44 bits per heavy atom. The molecule has 3 heterocycles. The zero-order valence-corrected chi connectivity index (χ0v) is 10.7. The van der Waals surface area contributed by atoms with Crippen molar-refractivity contribution < 1.29 is 4.39 Å². The molecule has 2 saturated heterocycles. The van der Waals surface area contributed by atoms with E-state index in [9.17, 15) is 4.39 Å². The van der Waals surface area contributed by atoms with Crippen molar-refractivity contribution in [2.75, 3.05) is 24.5 Å². The molecule has 2 atom stereocenters. The number of nitrogens with zero attached hydrogens (tertiary/aromatic N) is 3. The number of hydrogen-bond donors (Lipinski definition) is 1. The number of hydrogen-bond acceptors (Lipinski definition) is 4. The summed E-state index contributed by atoms with van der Waals surface area (Å²) in [6.07, 6.45) is 4.55. The average Bonchev–Trinajstić information content (AvgIpc) is 2.82. The standard InChI is InChI=1S/C13H19FN4/c1-2-10-12(14)13(17-8-16-10)18-6-9-4-3-5-15-11(9)7-18/h8-9,11,15H,2-7H2,1H3/t9-,11+/m0/s1. The van der Waals surface area contributed by atoms with Crippen molar-refractivity contribution in [1.82, 2.24) is 15.3 Å². The van der Waals surface area contributed by atoms with Crippen molar-refractivity contribution in [3.05, 3.63) is 17.8 Å². The Bertz CT molecular complexity index is 423. The maximum Gasteiger partial charge on any atom is 0.187 e. The van der Waals surface area contributed by atoms with Gasteiger partial charge < -0.3 is 10.2 Å². The van der Waals surface area contributed by atoms with E-state index in [4.69, 9.17) is 0 Å². The van der Waals surface area contributed by atoms with Gasteiger partial charge >= 0.3 is 0 Å². The molecule has 0 spiro atoms. The summed E-state index contributed by atoms with van der Waals surface area (Å²) >= 11 is 0. The van der Waals surface area contributed by atoms with Crippen molar-refractivity contribution in [2.24, 2.45) is 5.92 Å². The fourth-order valence-electron chi connectivity index (χ4n) is 3.08. The van der Waals surface area contributed by atoms with Crippen LogP contribution in [-0.2, 0) is 6.42 Å². The van der Waals surface area contributed by atoms with E-state index < -0.39 is 0 Å². The molecule has 0 saturated carbocycles. The predicted octanol–water partition coefficient (Wildman–Crippen LogP) is 1.37. The highest BCUT2D eigenvalue weighted by Crippen LogP contribution is 2.29. The molecule has 0 radical (unpaired) electrons. The van der Waals surface area contributed by atoms with E-state index in [2.05, 4.69) is 20.2 Å². The number of aryl methyl sites for hydroxylation is 1. The van der Waals surface area contributed by atoms with Gasteiger partial charge in [0.05, 0.1) is 5.69 Å². The summed E-state index contributed by atoms with van der Waals surface area (Å²) in [6.45, 7) is 4.78. The zero-order chi connectivity index (χ0) is 12.5. The Labute approximate surface area is 107 Å². The molecule has 0 bridgehead atoms. The molecular weight excluding hydrogens is 231 g/mol. The van der Waals surface area contributed by atoms with Crippen LogP contribution in [0.3, 0.4) is 0 Å². The molecule has 2 fully saturated rings. The first-order valence-corrected chi connectivity index (χ1v) is 6.77. The number of halogens is 1. The molecular formula is C13H19FN4. The van der Waals surface area contributed by atoms with Crippen LogP contribution in [-0.4, -0.2) is 35.6 Å². The maximum atomic E-state index is 14.2. The lowest BCUT2D eigenvalue weighted by Crippen LogP contribution is -2.40. The predicted molar refractivity (Wildman–Crippen MR) is 68.1 cm³/mol. The molecule has 1 N–H and O–H groups in total. The van der Waals surface area contributed by atoms with E-state index in [-0.39, 0.29) is 5.82 Å². The van der Waals surface area contributed by atoms with Crippen molar-refractivity contribution in [2.45, 2.75) is 32.2 Å². The Balaban J connectivity index is 1.83. The molecule has 0 unspecified atom stereocenters. The maximum absolute atomic E-state index is 14.2. The summed E-state index contributed by atoms with van der Waals surface area (Å²) in [7, 11) is 0. The van der Waals surface area contributed by atoms with Crippen LogP contribution >= 0.6 is 0 Å². The first kappa shape index (κ1) is 11.8. The summed E-state index contributed by atoms with van der Waals surface area (Å²) in [6, 6.07) is 0.498. The van der Waals surface area contributed by atoms with Gasteiger partial charge in [0.2, 0.25) is 0 Å². The fourth-order valence-corrected chi connectivity index (χ4v) is 3.08. The normalized spacial score (nSPS) is 27.3. The van der Waals surface area contributed by atoms with Crippen molar-refractivity contribution >= 4 is 5.82 Å². The third-order valence-corrected chi connectivity index (χ3v) is 4.08. The summed E-state index contributed by atoms with van der Waals surface area (Å²) in [5.74, 6) is 0.884. The van der Waals surface area contributed by atoms with Crippen LogP contribution in [0.1, 0.15) is 25.5 Å². The van der Waals surface area contributed by atoms with E-state index in [1.165, 1.54) is 19.2 Å². The van der Waals surface area contributed by atoms with Crippen LogP contribution in [0, 0.1) is 11.7 Å². The van der Waals surface area contributed by atoms with Gasteiger partial charge in [0.15, 0.2) is 11.6 Å². The van der Waals surface area contributed by atoms with Gasteiger partial charge in [-0.15, -0.1) is 0 Å². The highest BCUT2D eigenvalue weighted by Gasteiger charge is 2.35. The molecule has 1 aromatic heterocycles. The molecule has 5 heteroatoms. The minimum atomic E-state index is -0.237. The Morgan fingerprint density at radius 3 is 3.11 bits per heavy atom. The van der Waals surface area contributed by atoms with Gasteiger partial charge in [-0.25, -0.2) is 14.4 Å². The second-order valence-corrected chi connectivity index (χ2v) is 5.18. The number of aromatic nitrogens is 2. The number of nitrogens with one attached hydrogen (secondary N) is 1. The van der Waals surface area contributed by atoms with E-state index in [0.29, 0.717) is 29.9 Å². The number of rotatable bonds is 2. The van der Waals surface area contributed by atoms with Gasteiger partial charge in [0, 0.05) is 19.1 Å². The summed E-state index contributed by atoms with van der Waals surface area (Å²) < 4.78 is 14.2. The molecule has 18 heavy (non-hydrogen) atoms. The first-order chi connectivity index (χ1) is 8.79. The lowest BCUT2D eigenvalue weighted by molar-refractivity contribution is 0.340. The molecule has 2 aliphatic heterocycles. The van der Waals surface area contributed by atoms with Gasteiger partial charge in [-0.05, 0) is 31.7 Å². The summed E-state index contributed by atoms with van der Waals surface area (Å²) in [4.78, 5) is 10.2. The number of piperidine rings is 1. The largest absolute Gasteiger partial charge is 0.352 e. The molecule has 1 aromatic rings. The smallest absolute Gasteiger partial charge is 0.187 e. The fraction of sp³-hybridized carbons (Fsp3) is 0.692. The lowest BCUT2D eigenvalue weighted by Gasteiger charge is -2.24. The summed E-state index contributed by atoms with van der Waals surface area (Å²) in [5.41, 5.74) is 0.517. The SMILES string of the molecule is CCc1ncnc(N2C[C@@H]3CCCN[C@@H]3C2)c1F. The van der Waals surface area contributed by atoms with Gasteiger partial charge in [0.25, 0.3) is 0 Å². The molecule has 4 nitrogen and oxygen atoms in total. The van der Waals surface area contributed by atoms with Gasteiger partial charge in [0.1, 0.15) is 6.33 Å². The van der Waals surface area contributed by atoms with Crippen LogP contribution in [0.5, 0.6) is 0 Å². The van der Waals surface area contributed by atoms with E-state index in [1.807, 2.05) is 6.92 Å². The van der Waals surface area contributed by atoms with E-state index in [0.717, 1.165) is 19.6 Å². The second kappa shape index (κ2) is 4.80. The minimum absolute atomic E-state index is 0.237. The van der Waals surface area contributed by atoms with Crippen molar-refractivity contribution in [1.29, 1.82) is 0 Å². The Kier molecular flexibility index (Phi) is 3.16. The van der Waals surface area contributed by atoms with Crippen molar-refractivity contribution in [3.63, 3.8) is 0 Å². The molecule has 2 aliphatic rings. The summed E-state index contributed by atoms with van der Waals surface area (Å²) in [5, 5.41) is 3.52. The van der Waals surface area contributed by atoms with Gasteiger partial charge in [-0.2, -0.15) is 0 Å². The van der Waals surface area contributed by atoms with Crippen molar-refractivity contribution in [3.8, 4) is 0 Å². The topological polar surface area (TPSA) is 41.1 Å². The van der Waals surface area contributed by atoms with E-state index in [1.54, 1.807) is 0 Å². The Morgan fingerprint density at radius 2 is 2.33 bits per heavy atom. The minimum Gasteiger partial charge on any atom is -0.352 e. The number of fused-ring (bicyclic) bond motifs is 1. The van der Waals surface area contributed by atoms with Crippen LogP contribution in [0.2, 0.25) is 0 Å². The third kappa shape index (κ3) is 1.96. The third-order valence-electron chi connectivity index (χ3n) is 4.08. The van der Waals surface area contributed by atoms with E-state index >= 15 is 0 Å². The Hall–Kier alpha value is -1.23. The first-order valence-electron chi connectivity index (χ1n) is 6.77. The molecule has 0 amide bonds. The number of anilines is 1. The van der Waals surface area contributed by atoms with Crippen LogP contribution in [0.15, 0.2) is 6.33 Å². The molecule has 0 aliphatic carbocycles. The van der Waals surface area contributed by atoms with Gasteiger partial charge in [-0.1, -0.05) is 6.92 Å². The van der Waals surface area contributed by atoms with Crippen LogP contribution < -0.4 is 10.2 Å². The lowest BCUT2D eigenvalue weighted by atomic mass is 9.94. The zero-order valence-electron chi connectivity index (χ0n) is 10.7. The monoisotopic (exact) mass is 250 g/mol. The van der Waals surface area contributed by atoms with Crippen LogP contribution in [0.25, 0.3) is 0 Å². The highest BCUT2D eigenvalue weighted by molar-refractivity contribution is 5.43. The molecule has 0 aromatic carbocycles. The molecule has 98 valence electrons. The molecule has 3 rings (SSSR count). The highest BCUT2D eigenvalue weighted by atomic mass is 19.1. The quantitative estimate of drug-likeness (QED) is 0.860. The average molecular weight is 250 g/mol. The van der Waals surface area contributed by atoms with Gasteiger partial charge in [-0.3, -0.25) is 0 Å².